The molecule has 3 nitrogen and oxygen atoms in total. The SMILES string of the molecule is O=C1c2ccccc2N[C@@H](c2ccc(F)cc2F)N1Cc1ccccc1. The van der Waals surface area contributed by atoms with Crippen LogP contribution in [0.5, 0.6) is 0 Å². The standard InChI is InChI=1S/C21H16F2N2O/c22-15-10-11-16(18(23)12-15)20-24-19-9-5-4-8-17(19)21(26)25(20)13-14-6-2-1-3-7-14/h1-12,20,24H,13H2/t20-/m1/s1. The minimum atomic E-state index is -0.724. The number of anilines is 1. The third-order valence-electron chi connectivity index (χ3n) is 4.48. The van der Waals surface area contributed by atoms with Crippen molar-refractivity contribution in [3.63, 3.8) is 0 Å². The highest BCUT2D eigenvalue weighted by molar-refractivity contribution is 6.01. The molecule has 1 amide bonds. The fourth-order valence-electron chi connectivity index (χ4n) is 3.20. The molecule has 0 aromatic heterocycles. The number of nitrogens with zero attached hydrogens (tertiary/aromatic N) is 1. The van der Waals surface area contributed by atoms with Gasteiger partial charge in [-0.2, -0.15) is 0 Å². The number of benzene rings is 3. The summed E-state index contributed by atoms with van der Waals surface area (Å²) in [4.78, 5) is 14.6. The van der Waals surface area contributed by atoms with E-state index in [-0.39, 0.29) is 11.5 Å². The number of hydrogen-bond donors (Lipinski definition) is 1. The minimum absolute atomic E-state index is 0.197. The zero-order valence-electron chi connectivity index (χ0n) is 13.8. The number of halogens is 2. The highest BCUT2D eigenvalue weighted by Crippen LogP contribution is 2.35. The molecule has 1 aliphatic heterocycles. The first-order valence-electron chi connectivity index (χ1n) is 8.29. The molecule has 0 aliphatic carbocycles. The van der Waals surface area contributed by atoms with Gasteiger partial charge in [0, 0.05) is 23.9 Å². The topological polar surface area (TPSA) is 32.3 Å². The molecule has 0 unspecified atom stereocenters. The van der Waals surface area contributed by atoms with Crippen LogP contribution in [0.4, 0.5) is 14.5 Å². The summed E-state index contributed by atoms with van der Waals surface area (Å²) in [5.74, 6) is -1.53. The monoisotopic (exact) mass is 350 g/mol. The third kappa shape index (κ3) is 2.92. The second kappa shape index (κ2) is 6.59. The van der Waals surface area contributed by atoms with Crippen LogP contribution in [0.15, 0.2) is 72.8 Å². The molecule has 0 saturated heterocycles. The minimum Gasteiger partial charge on any atom is -0.361 e. The zero-order valence-corrected chi connectivity index (χ0v) is 13.8. The van der Waals surface area contributed by atoms with Crippen molar-refractivity contribution in [2.75, 3.05) is 5.32 Å². The molecule has 1 heterocycles. The Labute approximate surface area is 149 Å². The van der Waals surface area contributed by atoms with Crippen molar-refractivity contribution < 1.29 is 13.6 Å². The van der Waals surface area contributed by atoms with Gasteiger partial charge in [0.15, 0.2) is 0 Å². The Kier molecular flexibility index (Phi) is 4.13. The van der Waals surface area contributed by atoms with Crippen molar-refractivity contribution in [1.82, 2.24) is 4.90 Å². The smallest absolute Gasteiger partial charge is 0.258 e. The number of carbonyl (C=O) groups excluding carboxylic acids is 1. The van der Waals surface area contributed by atoms with Crippen LogP contribution in [0.2, 0.25) is 0 Å². The molecule has 5 heteroatoms. The lowest BCUT2D eigenvalue weighted by Crippen LogP contribution is -2.42. The molecule has 1 N–H and O–H groups in total. The summed E-state index contributed by atoms with van der Waals surface area (Å²) in [7, 11) is 0. The molecule has 26 heavy (non-hydrogen) atoms. The van der Waals surface area contributed by atoms with E-state index < -0.39 is 17.8 Å². The van der Waals surface area contributed by atoms with Crippen LogP contribution >= 0.6 is 0 Å². The Balaban J connectivity index is 1.79. The highest BCUT2D eigenvalue weighted by Gasteiger charge is 2.34. The fraction of sp³-hybridized carbons (Fsp3) is 0.0952. The highest BCUT2D eigenvalue weighted by atomic mass is 19.1. The van der Waals surface area contributed by atoms with Gasteiger partial charge >= 0.3 is 0 Å². The van der Waals surface area contributed by atoms with E-state index >= 15 is 0 Å². The van der Waals surface area contributed by atoms with Gasteiger partial charge in [-0.25, -0.2) is 8.78 Å². The Hall–Kier alpha value is -3.21. The number of para-hydroxylation sites is 1. The first-order chi connectivity index (χ1) is 12.6. The summed E-state index contributed by atoms with van der Waals surface area (Å²) in [6, 6.07) is 20.0. The Morgan fingerprint density at radius 1 is 0.923 bits per heavy atom. The predicted molar refractivity (Wildman–Crippen MR) is 95.5 cm³/mol. The zero-order chi connectivity index (χ0) is 18.1. The quantitative estimate of drug-likeness (QED) is 0.740. The third-order valence-corrected chi connectivity index (χ3v) is 4.48. The van der Waals surface area contributed by atoms with Gasteiger partial charge in [-0.15, -0.1) is 0 Å². The first-order valence-corrected chi connectivity index (χ1v) is 8.29. The largest absolute Gasteiger partial charge is 0.361 e. The molecule has 0 bridgehead atoms. The van der Waals surface area contributed by atoms with Crippen LogP contribution in [0.3, 0.4) is 0 Å². The average Bonchev–Trinajstić information content (AvgIpc) is 2.65. The maximum atomic E-state index is 14.4. The van der Waals surface area contributed by atoms with E-state index in [1.807, 2.05) is 36.4 Å². The van der Waals surface area contributed by atoms with E-state index in [0.29, 0.717) is 17.8 Å². The molecule has 3 aromatic carbocycles. The van der Waals surface area contributed by atoms with E-state index in [1.54, 1.807) is 23.1 Å². The second-order valence-electron chi connectivity index (χ2n) is 6.18. The number of carbonyl (C=O) groups is 1. The van der Waals surface area contributed by atoms with Crippen molar-refractivity contribution >= 4 is 11.6 Å². The number of hydrogen-bond acceptors (Lipinski definition) is 2. The summed E-state index contributed by atoms with van der Waals surface area (Å²) >= 11 is 0. The van der Waals surface area contributed by atoms with Gasteiger partial charge in [0.25, 0.3) is 5.91 Å². The fourth-order valence-corrected chi connectivity index (χ4v) is 3.20. The average molecular weight is 350 g/mol. The number of amides is 1. The molecule has 3 aromatic rings. The van der Waals surface area contributed by atoms with Gasteiger partial charge in [-0.05, 0) is 29.8 Å². The van der Waals surface area contributed by atoms with Gasteiger partial charge in [-0.3, -0.25) is 4.79 Å². The summed E-state index contributed by atoms with van der Waals surface area (Å²) in [5.41, 5.74) is 2.32. The number of nitrogens with one attached hydrogen (secondary N) is 1. The molecule has 4 rings (SSSR count). The van der Waals surface area contributed by atoms with E-state index in [1.165, 1.54) is 12.1 Å². The summed E-state index contributed by atoms with van der Waals surface area (Å²) in [5, 5.41) is 3.22. The lowest BCUT2D eigenvalue weighted by molar-refractivity contribution is 0.0663. The molecule has 1 aliphatic rings. The maximum absolute atomic E-state index is 14.4. The Bertz CT molecular complexity index is 959. The molecule has 0 radical (unpaired) electrons. The van der Waals surface area contributed by atoms with Crippen LogP contribution in [0.25, 0.3) is 0 Å². The second-order valence-corrected chi connectivity index (χ2v) is 6.18. The van der Waals surface area contributed by atoms with Crippen molar-refractivity contribution in [3.8, 4) is 0 Å². The van der Waals surface area contributed by atoms with E-state index in [4.69, 9.17) is 0 Å². The molecule has 0 spiro atoms. The Morgan fingerprint density at radius 3 is 2.42 bits per heavy atom. The van der Waals surface area contributed by atoms with Crippen LogP contribution in [0, 0.1) is 11.6 Å². The van der Waals surface area contributed by atoms with Crippen molar-refractivity contribution in [2.24, 2.45) is 0 Å². The maximum Gasteiger partial charge on any atom is 0.258 e. The van der Waals surface area contributed by atoms with Crippen LogP contribution in [-0.4, -0.2) is 10.8 Å². The van der Waals surface area contributed by atoms with Gasteiger partial charge < -0.3 is 10.2 Å². The van der Waals surface area contributed by atoms with Crippen LogP contribution < -0.4 is 5.32 Å². The number of rotatable bonds is 3. The van der Waals surface area contributed by atoms with Gasteiger partial charge in [0.05, 0.1) is 5.56 Å². The van der Waals surface area contributed by atoms with Gasteiger partial charge in [0.1, 0.15) is 17.8 Å². The first kappa shape index (κ1) is 16.3. The van der Waals surface area contributed by atoms with E-state index in [9.17, 15) is 13.6 Å². The van der Waals surface area contributed by atoms with Crippen molar-refractivity contribution in [3.05, 3.63) is 101 Å². The lowest BCUT2D eigenvalue weighted by atomic mass is 10.0. The molecular weight excluding hydrogens is 334 g/mol. The van der Waals surface area contributed by atoms with E-state index in [0.717, 1.165) is 11.6 Å². The number of fused-ring (bicyclic) bond motifs is 1. The normalized spacial score (nSPS) is 16.2. The van der Waals surface area contributed by atoms with Gasteiger partial charge in [-0.1, -0.05) is 42.5 Å². The Morgan fingerprint density at radius 2 is 1.65 bits per heavy atom. The molecule has 130 valence electrons. The van der Waals surface area contributed by atoms with Crippen molar-refractivity contribution in [2.45, 2.75) is 12.7 Å². The molecule has 0 fully saturated rings. The lowest BCUT2D eigenvalue weighted by Gasteiger charge is -2.38. The van der Waals surface area contributed by atoms with E-state index in [2.05, 4.69) is 5.32 Å². The molecule has 1 atom stereocenters. The molecular formula is C21H16F2N2O. The predicted octanol–water partition coefficient (Wildman–Crippen LogP) is 4.73. The summed E-state index contributed by atoms with van der Waals surface area (Å²) < 4.78 is 27.8. The van der Waals surface area contributed by atoms with Crippen molar-refractivity contribution in [1.29, 1.82) is 0 Å². The van der Waals surface area contributed by atoms with Crippen LogP contribution in [-0.2, 0) is 6.54 Å². The summed E-state index contributed by atoms with van der Waals surface area (Å²) in [6.45, 7) is 0.308. The van der Waals surface area contributed by atoms with Crippen LogP contribution in [0.1, 0.15) is 27.7 Å². The van der Waals surface area contributed by atoms with Gasteiger partial charge in [0.2, 0.25) is 0 Å². The molecule has 0 saturated carbocycles. The summed E-state index contributed by atoms with van der Waals surface area (Å²) in [6.07, 6.45) is -0.724.